The molecule has 2 rings (SSSR count). The molecule has 1 fully saturated rings. The maximum absolute atomic E-state index is 12.2. The van der Waals surface area contributed by atoms with Gasteiger partial charge in [0.15, 0.2) is 0 Å². The monoisotopic (exact) mass is 332 g/mol. The molecule has 1 aromatic carbocycles. The van der Waals surface area contributed by atoms with Gasteiger partial charge in [-0.1, -0.05) is 13.8 Å². The molecule has 132 valence electrons. The van der Waals surface area contributed by atoms with E-state index in [0.717, 1.165) is 13.1 Å². The van der Waals surface area contributed by atoms with Crippen LogP contribution in [0.5, 0.6) is 0 Å². The topological polar surface area (TPSA) is 58.6 Å². The van der Waals surface area contributed by atoms with E-state index in [9.17, 15) is 9.59 Å². The molecule has 0 bridgehead atoms. The number of amides is 1. The Bertz CT molecular complexity index is 558. The number of piperidine rings is 1. The van der Waals surface area contributed by atoms with Crippen LogP contribution in [0.15, 0.2) is 24.3 Å². The summed E-state index contributed by atoms with van der Waals surface area (Å²) in [6.07, 6.45) is 1.08. The van der Waals surface area contributed by atoms with Crippen molar-refractivity contribution < 1.29 is 14.3 Å². The van der Waals surface area contributed by atoms with Crippen molar-refractivity contribution in [2.45, 2.75) is 40.2 Å². The Balaban J connectivity index is 1.86. The number of carbonyl (C=O) groups excluding carboxylic acids is 2. The smallest absolute Gasteiger partial charge is 0.338 e. The van der Waals surface area contributed by atoms with Gasteiger partial charge in [0.2, 0.25) is 5.91 Å². The van der Waals surface area contributed by atoms with Crippen LogP contribution in [0.3, 0.4) is 0 Å². The highest BCUT2D eigenvalue weighted by atomic mass is 16.5. The summed E-state index contributed by atoms with van der Waals surface area (Å²) < 4.78 is 5.14. The molecule has 1 heterocycles. The summed E-state index contributed by atoms with van der Waals surface area (Å²) in [4.78, 5) is 26.2. The molecule has 1 aromatic rings. The highest BCUT2D eigenvalue weighted by Gasteiger charge is 2.23. The minimum absolute atomic E-state index is 0.0196. The number of hydrogen-bond acceptors (Lipinski definition) is 4. The first kappa shape index (κ1) is 18.5. The standard InChI is InChI=1S/C19H28N2O3/c1-13(2)24-19(23)16-5-7-17(8-6-16)20-18(22)12-21-10-14(3)9-15(4)11-21/h5-8,13-15H,9-12H2,1-4H3,(H,20,22)/t14-,15-/m1/s1. The Morgan fingerprint density at radius 1 is 1.17 bits per heavy atom. The molecule has 1 amide bonds. The van der Waals surface area contributed by atoms with E-state index in [-0.39, 0.29) is 18.0 Å². The average molecular weight is 332 g/mol. The molecule has 5 nitrogen and oxygen atoms in total. The van der Waals surface area contributed by atoms with Gasteiger partial charge < -0.3 is 10.1 Å². The highest BCUT2D eigenvalue weighted by Crippen LogP contribution is 2.20. The van der Waals surface area contributed by atoms with Crippen LogP contribution in [-0.4, -0.2) is 42.5 Å². The van der Waals surface area contributed by atoms with Crippen LogP contribution in [0.2, 0.25) is 0 Å². The Hall–Kier alpha value is -1.88. The number of esters is 1. The molecule has 1 saturated heterocycles. The third-order valence-electron chi connectivity index (χ3n) is 4.06. The van der Waals surface area contributed by atoms with Crippen LogP contribution >= 0.6 is 0 Å². The summed E-state index contributed by atoms with van der Waals surface area (Å²) in [7, 11) is 0. The summed E-state index contributed by atoms with van der Waals surface area (Å²) >= 11 is 0. The van der Waals surface area contributed by atoms with Gasteiger partial charge in [0, 0.05) is 18.8 Å². The number of rotatable bonds is 5. The lowest BCUT2D eigenvalue weighted by Crippen LogP contribution is -2.42. The number of nitrogens with one attached hydrogen (secondary N) is 1. The summed E-state index contributed by atoms with van der Waals surface area (Å²) in [5, 5.41) is 2.89. The van der Waals surface area contributed by atoms with E-state index in [0.29, 0.717) is 29.6 Å². The van der Waals surface area contributed by atoms with Crippen molar-refractivity contribution in [3.8, 4) is 0 Å². The normalized spacial score (nSPS) is 21.5. The summed E-state index contributed by atoms with van der Waals surface area (Å²) in [6, 6.07) is 6.81. The molecule has 0 aromatic heterocycles. The van der Waals surface area contributed by atoms with E-state index in [1.54, 1.807) is 24.3 Å². The van der Waals surface area contributed by atoms with Gasteiger partial charge in [-0.15, -0.1) is 0 Å². The fraction of sp³-hybridized carbons (Fsp3) is 0.579. The van der Waals surface area contributed by atoms with Crippen molar-refractivity contribution in [1.82, 2.24) is 4.90 Å². The molecule has 5 heteroatoms. The Morgan fingerprint density at radius 3 is 2.29 bits per heavy atom. The van der Waals surface area contributed by atoms with E-state index in [1.807, 2.05) is 13.8 Å². The van der Waals surface area contributed by atoms with Crippen LogP contribution in [0.4, 0.5) is 5.69 Å². The minimum Gasteiger partial charge on any atom is -0.459 e. The molecule has 1 aliphatic heterocycles. The second kappa shape index (κ2) is 8.29. The zero-order valence-corrected chi connectivity index (χ0v) is 15.0. The second-order valence-corrected chi connectivity index (χ2v) is 7.22. The minimum atomic E-state index is -0.348. The lowest BCUT2D eigenvalue weighted by Gasteiger charge is -2.34. The first-order valence-corrected chi connectivity index (χ1v) is 8.66. The van der Waals surface area contributed by atoms with E-state index in [4.69, 9.17) is 4.74 Å². The molecule has 0 spiro atoms. The average Bonchev–Trinajstić information content (AvgIpc) is 2.45. The van der Waals surface area contributed by atoms with E-state index < -0.39 is 0 Å². The number of nitrogens with zero attached hydrogens (tertiary/aromatic N) is 1. The third-order valence-corrected chi connectivity index (χ3v) is 4.06. The fourth-order valence-electron chi connectivity index (χ4n) is 3.30. The maximum atomic E-state index is 12.2. The zero-order valence-electron chi connectivity index (χ0n) is 15.0. The Kier molecular flexibility index (Phi) is 6.37. The van der Waals surface area contributed by atoms with Crippen LogP contribution in [0.1, 0.15) is 44.5 Å². The van der Waals surface area contributed by atoms with Crippen molar-refractivity contribution in [3.63, 3.8) is 0 Å². The molecule has 24 heavy (non-hydrogen) atoms. The van der Waals surface area contributed by atoms with Gasteiger partial charge in [0.1, 0.15) is 0 Å². The van der Waals surface area contributed by atoms with Gasteiger partial charge in [-0.05, 0) is 56.4 Å². The number of likely N-dealkylation sites (tertiary alicyclic amines) is 1. The molecule has 1 N–H and O–H groups in total. The zero-order chi connectivity index (χ0) is 17.7. The van der Waals surface area contributed by atoms with Crippen molar-refractivity contribution in [2.75, 3.05) is 25.0 Å². The van der Waals surface area contributed by atoms with Crippen molar-refractivity contribution in [3.05, 3.63) is 29.8 Å². The van der Waals surface area contributed by atoms with Gasteiger partial charge >= 0.3 is 5.97 Å². The Labute approximate surface area is 144 Å². The number of ether oxygens (including phenoxy) is 1. The molecule has 0 aliphatic carbocycles. The van der Waals surface area contributed by atoms with Gasteiger partial charge in [-0.3, -0.25) is 9.69 Å². The van der Waals surface area contributed by atoms with Crippen LogP contribution in [-0.2, 0) is 9.53 Å². The molecule has 0 unspecified atom stereocenters. The summed E-state index contributed by atoms with van der Waals surface area (Å²) in [5.74, 6) is 0.897. The van der Waals surface area contributed by atoms with Crippen LogP contribution < -0.4 is 5.32 Å². The lowest BCUT2D eigenvalue weighted by molar-refractivity contribution is -0.117. The molecule has 1 aliphatic rings. The van der Waals surface area contributed by atoms with Crippen molar-refractivity contribution in [1.29, 1.82) is 0 Å². The first-order valence-electron chi connectivity index (χ1n) is 8.66. The van der Waals surface area contributed by atoms with Gasteiger partial charge in [0.25, 0.3) is 0 Å². The van der Waals surface area contributed by atoms with E-state index >= 15 is 0 Å². The van der Waals surface area contributed by atoms with Crippen LogP contribution in [0, 0.1) is 11.8 Å². The highest BCUT2D eigenvalue weighted by molar-refractivity contribution is 5.94. The molecular weight excluding hydrogens is 304 g/mol. The van der Waals surface area contributed by atoms with Gasteiger partial charge in [-0.25, -0.2) is 4.79 Å². The number of carbonyl (C=O) groups is 2. The van der Waals surface area contributed by atoms with Gasteiger partial charge in [-0.2, -0.15) is 0 Å². The van der Waals surface area contributed by atoms with Crippen LogP contribution in [0.25, 0.3) is 0 Å². The van der Waals surface area contributed by atoms with Gasteiger partial charge in [0.05, 0.1) is 18.2 Å². The van der Waals surface area contributed by atoms with E-state index in [1.165, 1.54) is 6.42 Å². The molecular formula is C19H28N2O3. The van der Waals surface area contributed by atoms with Crippen molar-refractivity contribution >= 4 is 17.6 Å². The van der Waals surface area contributed by atoms with E-state index in [2.05, 4.69) is 24.1 Å². The predicted octanol–water partition coefficient (Wildman–Crippen LogP) is 3.17. The Morgan fingerprint density at radius 2 is 1.75 bits per heavy atom. The maximum Gasteiger partial charge on any atom is 0.338 e. The number of anilines is 1. The largest absolute Gasteiger partial charge is 0.459 e. The fourth-order valence-corrected chi connectivity index (χ4v) is 3.30. The third kappa shape index (κ3) is 5.64. The van der Waals surface area contributed by atoms with Crippen molar-refractivity contribution in [2.24, 2.45) is 11.8 Å². The first-order chi connectivity index (χ1) is 11.3. The molecule has 2 atom stereocenters. The summed E-state index contributed by atoms with van der Waals surface area (Å²) in [5.41, 5.74) is 1.18. The summed E-state index contributed by atoms with van der Waals surface area (Å²) in [6.45, 7) is 10.4. The predicted molar refractivity (Wildman–Crippen MR) is 95.0 cm³/mol. The lowest BCUT2D eigenvalue weighted by atomic mass is 9.92. The quantitative estimate of drug-likeness (QED) is 0.842. The molecule has 0 saturated carbocycles. The molecule has 0 radical (unpaired) electrons. The SMILES string of the molecule is CC(C)OC(=O)c1ccc(NC(=O)CN2C[C@H](C)C[C@@H](C)C2)cc1. The number of benzene rings is 1. The number of hydrogen-bond donors (Lipinski definition) is 1. The second-order valence-electron chi connectivity index (χ2n) is 7.22.